The number of allylic oxidation sites excluding steroid dienone is 1. The molecule has 0 saturated carbocycles. The topological polar surface area (TPSA) is 46.3 Å². The normalized spacial score (nSPS) is 19.4. The summed E-state index contributed by atoms with van der Waals surface area (Å²) in [6.45, 7) is 6.45. The molecule has 1 rings (SSSR count). The lowest BCUT2D eigenvalue weighted by atomic mass is 9.96. The van der Waals surface area contributed by atoms with Gasteiger partial charge in [0.25, 0.3) is 0 Å². The molecule has 0 unspecified atom stereocenters. The number of likely N-dealkylation sites (tertiary alicyclic amines) is 1. The van der Waals surface area contributed by atoms with Gasteiger partial charge in [-0.2, -0.15) is 0 Å². The van der Waals surface area contributed by atoms with Crippen LogP contribution in [-0.4, -0.2) is 30.4 Å². The molecular weight excluding hydrogens is 188 g/mol. The van der Waals surface area contributed by atoms with Gasteiger partial charge >= 0.3 is 0 Å². The molecule has 1 aliphatic heterocycles. The van der Waals surface area contributed by atoms with Crippen LogP contribution in [0.1, 0.15) is 33.1 Å². The highest BCUT2D eigenvalue weighted by Crippen LogP contribution is 2.17. The lowest BCUT2D eigenvalue weighted by Gasteiger charge is -2.31. The van der Waals surface area contributed by atoms with Crippen LogP contribution in [0.4, 0.5) is 0 Å². The summed E-state index contributed by atoms with van der Waals surface area (Å²) in [5.41, 5.74) is 6.50. The molecule has 1 amide bonds. The van der Waals surface area contributed by atoms with Gasteiger partial charge in [-0.1, -0.05) is 13.0 Å². The Labute approximate surface area is 92.3 Å². The molecule has 0 radical (unpaired) electrons. The summed E-state index contributed by atoms with van der Waals surface area (Å²) in [4.78, 5) is 13.9. The molecule has 2 N–H and O–H groups in total. The van der Waals surface area contributed by atoms with E-state index < -0.39 is 0 Å². The zero-order valence-electron chi connectivity index (χ0n) is 9.83. The Hall–Kier alpha value is -0.830. The van der Waals surface area contributed by atoms with Crippen molar-refractivity contribution in [1.29, 1.82) is 0 Å². The monoisotopic (exact) mass is 210 g/mol. The molecule has 0 aliphatic carbocycles. The molecule has 0 aromatic rings. The van der Waals surface area contributed by atoms with Crippen molar-refractivity contribution in [2.24, 2.45) is 11.7 Å². The van der Waals surface area contributed by atoms with Crippen molar-refractivity contribution in [3.05, 3.63) is 11.6 Å². The Kier molecular flexibility index (Phi) is 4.82. The maximum absolute atomic E-state index is 11.9. The average molecular weight is 210 g/mol. The molecule has 0 bridgehead atoms. The number of rotatable bonds is 3. The zero-order chi connectivity index (χ0) is 11.3. The predicted octanol–water partition coefficient (Wildman–Crippen LogP) is 1.54. The Morgan fingerprint density at radius 3 is 2.53 bits per heavy atom. The molecule has 3 nitrogen and oxygen atoms in total. The molecular formula is C12H22N2O. The van der Waals surface area contributed by atoms with E-state index >= 15 is 0 Å². The van der Waals surface area contributed by atoms with Crippen LogP contribution in [0.3, 0.4) is 0 Å². The van der Waals surface area contributed by atoms with Crippen molar-refractivity contribution in [2.45, 2.75) is 33.1 Å². The van der Waals surface area contributed by atoms with Gasteiger partial charge in [0.1, 0.15) is 0 Å². The standard InChI is InChI=1S/C12H22N2O/c1-3-4-10(2)12(15)14-7-5-11(9-13)6-8-14/h4,11H,3,5-9,13H2,1-2H3/b10-4-. The Morgan fingerprint density at radius 2 is 2.07 bits per heavy atom. The first-order chi connectivity index (χ1) is 7.19. The van der Waals surface area contributed by atoms with E-state index in [-0.39, 0.29) is 5.91 Å². The number of hydrogen-bond acceptors (Lipinski definition) is 2. The van der Waals surface area contributed by atoms with E-state index in [0.717, 1.165) is 44.5 Å². The van der Waals surface area contributed by atoms with Crippen LogP contribution in [0.15, 0.2) is 11.6 Å². The van der Waals surface area contributed by atoms with Gasteiger partial charge in [0.05, 0.1) is 0 Å². The quantitative estimate of drug-likeness (QED) is 0.718. The molecule has 86 valence electrons. The second-order valence-corrected chi connectivity index (χ2v) is 4.27. The first kappa shape index (κ1) is 12.2. The number of carbonyl (C=O) groups excluding carboxylic acids is 1. The van der Waals surface area contributed by atoms with E-state index in [1.807, 2.05) is 17.9 Å². The number of carbonyl (C=O) groups is 1. The number of nitrogens with two attached hydrogens (primary N) is 1. The van der Waals surface area contributed by atoms with E-state index in [2.05, 4.69) is 6.92 Å². The van der Waals surface area contributed by atoms with Crippen LogP contribution in [0, 0.1) is 5.92 Å². The van der Waals surface area contributed by atoms with Crippen molar-refractivity contribution in [2.75, 3.05) is 19.6 Å². The van der Waals surface area contributed by atoms with Gasteiger partial charge in [-0.05, 0) is 38.6 Å². The van der Waals surface area contributed by atoms with Gasteiger partial charge in [-0.3, -0.25) is 4.79 Å². The molecule has 1 fully saturated rings. The summed E-state index contributed by atoms with van der Waals surface area (Å²) in [5.74, 6) is 0.817. The summed E-state index contributed by atoms with van der Waals surface area (Å²) >= 11 is 0. The Balaban J connectivity index is 2.46. The third-order valence-electron chi connectivity index (χ3n) is 3.08. The largest absolute Gasteiger partial charge is 0.339 e. The fraction of sp³-hybridized carbons (Fsp3) is 0.750. The van der Waals surface area contributed by atoms with Crippen LogP contribution >= 0.6 is 0 Å². The smallest absolute Gasteiger partial charge is 0.249 e. The molecule has 1 saturated heterocycles. The van der Waals surface area contributed by atoms with Gasteiger partial charge in [0.2, 0.25) is 5.91 Å². The second kappa shape index (κ2) is 5.91. The molecule has 0 spiro atoms. The minimum atomic E-state index is 0.201. The van der Waals surface area contributed by atoms with E-state index in [0.29, 0.717) is 5.92 Å². The van der Waals surface area contributed by atoms with Crippen LogP contribution in [0.2, 0.25) is 0 Å². The van der Waals surface area contributed by atoms with Crippen molar-refractivity contribution in [1.82, 2.24) is 4.90 Å². The minimum Gasteiger partial charge on any atom is -0.339 e. The molecule has 1 aliphatic rings. The number of piperidine rings is 1. The maximum atomic E-state index is 11.9. The molecule has 15 heavy (non-hydrogen) atoms. The van der Waals surface area contributed by atoms with Crippen molar-refractivity contribution in [3.63, 3.8) is 0 Å². The van der Waals surface area contributed by atoms with Crippen LogP contribution in [-0.2, 0) is 4.79 Å². The van der Waals surface area contributed by atoms with Crippen LogP contribution in [0.5, 0.6) is 0 Å². The average Bonchev–Trinajstić information content (AvgIpc) is 2.28. The first-order valence-electron chi connectivity index (χ1n) is 5.85. The highest BCUT2D eigenvalue weighted by atomic mass is 16.2. The predicted molar refractivity (Wildman–Crippen MR) is 62.4 cm³/mol. The summed E-state index contributed by atoms with van der Waals surface area (Å²) in [6, 6.07) is 0. The highest BCUT2D eigenvalue weighted by Gasteiger charge is 2.22. The summed E-state index contributed by atoms with van der Waals surface area (Å²) in [7, 11) is 0. The third kappa shape index (κ3) is 3.34. The Morgan fingerprint density at radius 1 is 1.47 bits per heavy atom. The van der Waals surface area contributed by atoms with Crippen LogP contribution < -0.4 is 5.73 Å². The minimum absolute atomic E-state index is 0.201. The fourth-order valence-corrected chi connectivity index (χ4v) is 2.01. The molecule has 3 heteroatoms. The molecule has 0 atom stereocenters. The van der Waals surface area contributed by atoms with Gasteiger partial charge in [0, 0.05) is 18.7 Å². The van der Waals surface area contributed by atoms with E-state index in [9.17, 15) is 4.79 Å². The lowest BCUT2D eigenvalue weighted by molar-refractivity contribution is -0.128. The molecule has 0 aromatic carbocycles. The zero-order valence-corrected chi connectivity index (χ0v) is 9.83. The lowest BCUT2D eigenvalue weighted by Crippen LogP contribution is -2.40. The Bertz CT molecular complexity index is 240. The van der Waals surface area contributed by atoms with Crippen molar-refractivity contribution in [3.8, 4) is 0 Å². The van der Waals surface area contributed by atoms with E-state index in [1.165, 1.54) is 0 Å². The van der Waals surface area contributed by atoms with Gasteiger partial charge in [-0.15, -0.1) is 0 Å². The van der Waals surface area contributed by atoms with Gasteiger partial charge in [0.15, 0.2) is 0 Å². The van der Waals surface area contributed by atoms with E-state index in [1.54, 1.807) is 0 Å². The highest BCUT2D eigenvalue weighted by molar-refractivity contribution is 5.92. The first-order valence-corrected chi connectivity index (χ1v) is 5.85. The maximum Gasteiger partial charge on any atom is 0.249 e. The van der Waals surface area contributed by atoms with Crippen molar-refractivity contribution < 1.29 is 4.79 Å². The van der Waals surface area contributed by atoms with Crippen molar-refractivity contribution >= 4 is 5.91 Å². The SMILES string of the molecule is CC/C=C(/C)C(=O)N1CCC(CN)CC1. The summed E-state index contributed by atoms with van der Waals surface area (Å²) in [5, 5.41) is 0. The van der Waals surface area contributed by atoms with Gasteiger partial charge < -0.3 is 10.6 Å². The summed E-state index contributed by atoms with van der Waals surface area (Å²) in [6.07, 6.45) is 5.04. The fourth-order valence-electron chi connectivity index (χ4n) is 2.01. The van der Waals surface area contributed by atoms with Crippen LogP contribution in [0.25, 0.3) is 0 Å². The van der Waals surface area contributed by atoms with Gasteiger partial charge in [-0.25, -0.2) is 0 Å². The molecule has 1 heterocycles. The third-order valence-corrected chi connectivity index (χ3v) is 3.08. The number of hydrogen-bond donors (Lipinski definition) is 1. The number of nitrogens with zero attached hydrogens (tertiary/aromatic N) is 1. The molecule has 0 aromatic heterocycles. The summed E-state index contributed by atoms with van der Waals surface area (Å²) < 4.78 is 0. The number of amides is 1. The van der Waals surface area contributed by atoms with E-state index in [4.69, 9.17) is 5.73 Å². The second-order valence-electron chi connectivity index (χ2n) is 4.27.